The first-order valence-corrected chi connectivity index (χ1v) is 5.74. The molecule has 5 nitrogen and oxygen atoms in total. The van der Waals surface area contributed by atoms with E-state index in [4.69, 9.17) is 21.1 Å². The van der Waals surface area contributed by atoms with Gasteiger partial charge in [0.1, 0.15) is 6.26 Å². The number of benzene rings is 1. The fourth-order valence-corrected chi connectivity index (χ4v) is 1.65. The van der Waals surface area contributed by atoms with Crippen LogP contribution < -0.4 is 5.32 Å². The van der Waals surface area contributed by atoms with E-state index in [0.29, 0.717) is 10.7 Å². The number of aromatic carboxylic acids is 1. The second kappa shape index (κ2) is 5.16. The lowest BCUT2D eigenvalue weighted by Crippen LogP contribution is -2.11. The molecule has 2 rings (SSSR count). The molecule has 1 amide bonds. The second-order valence-electron chi connectivity index (χ2n) is 3.92. The van der Waals surface area contributed by atoms with Crippen molar-refractivity contribution in [3.8, 4) is 0 Å². The molecular weight excluding hydrogens is 270 g/mol. The first-order chi connectivity index (χ1) is 8.97. The predicted octanol–water partition coefficient (Wildman–Crippen LogP) is 3.19. The molecule has 0 fully saturated rings. The van der Waals surface area contributed by atoms with Gasteiger partial charge in [-0.05, 0) is 24.6 Å². The zero-order chi connectivity index (χ0) is 14.0. The molecule has 0 aliphatic rings. The molecule has 0 aliphatic carbocycles. The van der Waals surface area contributed by atoms with Crippen LogP contribution in [0.2, 0.25) is 5.02 Å². The van der Waals surface area contributed by atoms with E-state index in [2.05, 4.69) is 5.32 Å². The Morgan fingerprint density at radius 1 is 1.32 bits per heavy atom. The number of anilines is 1. The van der Waals surface area contributed by atoms with E-state index in [0.717, 1.165) is 17.9 Å². The van der Waals surface area contributed by atoms with Crippen LogP contribution in [0.4, 0.5) is 5.69 Å². The predicted molar refractivity (Wildman–Crippen MR) is 69.8 cm³/mol. The van der Waals surface area contributed by atoms with Crippen molar-refractivity contribution in [2.24, 2.45) is 0 Å². The number of hydrogen-bond acceptors (Lipinski definition) is 3. The SMILES string of the molecule is Cc1ccc(Cl)cc1NC(=O)c1cc(C(=O)O)co1. The lowest BCUT2D eigenvalue weighted by atomic mass is 10.2. The maximum atomic E-state index is 11.9. The average Bonchev–Trinajstić information content (AvgIpc) is 2.83. The molecule has 0 atom stereocenters. The van der Waals surface area contributed by atoms with Crippen molar-refractivity contribution in [1.82, 2.24) is 0 Å². The Labute approximate surface area is 113 Å². The standard InChI is InChI=1S/C13H10ClNO4/c1-7-2-3-9(14)5-10(7)15-12(16)11-4-8(6-19-11)13(17)18/h2-6H,1H3,(H,15,16)(H,17,18). The van der Waals surface area contributed by atoms with Crippen LogP contribution in [-0.4, -0.2) is 17.0 Å². The van der Waals surface area contributed by atoms with Crippen LogP contribution in [0.5, 0.6) is 0 Å². The van der Waals surface area contributed by atoms with Crippen LogP contribution in [-0.2, 0) is 0 Å². The van der Waals surface area contributed by atoms with Crippen LogP contribution >= 0.6 is 11.6 Å². The van der Waals surface area contributed by atoms with Gasteiger partial charge < -0.3 is 14.8 Å². The Bertz CT molecular complexity index is 648. The maximum absolute atomic E-state index is 11.9. The van der Waals surface area contributed by atoms with Gasteiger partial charge in [0, 0.05) is 16.8 Å². The van der Waals surface area contributed by atoms with Crippen LogP contribution in [0, 0.1) is 6.92 Å². The number of aryl methyl sites for hydroxylation is 1. The minimum atomic E-state index is -1.15. The summed E-state index contributed by atoms with van der Waals surface area (Å²) in [6, 6.07) is 6.25. The molecule has 0 spiro atoms. The number of halogens is 1. The smallest absolute Gasteiger partial charge is 0.338 e. The van der Waals surface area contributed by atoms with E-state index < -0.39 is 11.9 Å². The lowest BCUT2D eigenvalue weighted by Gasteiger charge is -2.07. The zero-order valence-electron chi connectivity index (χ0n) is 9.94. The van der Waals surface area contributed by atoms with Crippen molar-refractivity contribution in [2.45, 2.75) is 6.92 Å². The van der Waals surface area contributed by atoms with Gasteiger partial charge in [-0.1, -0.05) is 17.7 Å². The minimum absolute atomic E-state index is 0.0724. The summed E-state index contributed by atoms with van der Waals surface area (Å²) in [7, 11) is 0. The molecule has 0 saturated heterocycles. The summed E-state index contributed by atoms with van der Waals surface area (Å²) in [4.78, 5) is 22.6. The molecule has 1 heterocycles. The molecule has 6 heteroatoms. The summed E-state index contributed by atoms with van der Waals surface area (Å²) in [6.07, 6.45) is 1.02. The highest BCUT2D eigenvalue weighted by Crippen LogP contribution is 2.21. The number of carbonyl (C=O) groups excluding carboxylic acids is 1. The van der Waals surface area contributed by atoms with Gasteiger partial charge in [0.15, 0.2) is 5.76 Å². The van der Waals surface area contributed by atoms with E-state index in [1.54, 1.807) is 18.2 Å². The number of hydrogen-bond donors (Lipinski definition) is 2. The van der Waals surface area contributed by atoms with Gasteiger partial charge in [-0.2, -0.15) is 0 Å². The third-order valence-electron chi connectivity index (χ3n) is 2.52. The highest BCUT2D eigenvalue weighted by molar-refractivity contribution is 6.31. The van der Waals surface area contributed by atoms with Crippen LogP contribution in [0.15, 0.2) is 34.9 Å². The number of carboxylic acid groups (broad SMARTS) is 1. The van der Waals surface area contributed by atoms with Crippen molar-refractivity contribution < 1.29 is 19.1 Å². The number of carboxylic acids is 1. The Balaban J connectivity index is 2.20. The molecule has 2 N–H and O–H groups in total. The van der Waals surface area contributed by atoms with E-state index in [9.17, 15) is 9.59 Å². The highest BCUT2D eigenvalue weighted by Gasteiger charge is 2.15. The lowest BCUT2D eigenvalue weighted by molar-refractivity contribution is 0.0696. The van der Waals surface area contributed by atoms with Gasteiger partial charge in [0.2, 0.25) is 0 Å². The highest BCUT2D eigenvalue weighted by atomic mass is 35.5. The monoisotopic (exact) mass is 279 g/mol. The zero-order valence-corrected chi connectivity index (χ0v) is 10.7. The Morgan fingerprint density at radius 3 is 2.68 bits per heavy atom. The largest absolute Gasteiger partial charge is 0.478 e. The van der Waals surface area contributed by atoms with Gasteiger partial charge in [-0.15, -0.1) is 0 Å². The first kappa shape index (κ1) is 13.2. The number of carbonyl (C=O) groups is 2. The fourth-order valence-electron chi connectivity index (χ4n) is 1.48. The summed E-state index contributed by atoms with van der Waals surface area (Å²) in [5.41, 5.74) is 1.31. The average molecular weight is 280 g/mol. The molecule has 0 unspecified atom stereocenters. The fraction of sp³-hybridized carbons (Fsp3) is 0.0769. The van der Waals surface area contributed by atoms with E-state index in [1.165, 1.54) is 0 Å². The number of rotatable bonds is 3. The molecule has 0 bridgehead atoms. The molecule has 19 heavy (non-hydrogen) atoms. The Morgan fingerprint density at radius 2 is 2.05 bits per heavy atom. The van der Waals surface area contributed by atoms with E-state index >= 15 is 0 Å². The van der Waals surface area contributed by atoms with Gasteiger partial charge in [-0.25, -0.2) is 4.79 Å². The van der Waals surface area contributed by atoms with Gasteiger partial charge in [0.25, 0.3) is 5.91 Å². The topological polar surface area (TPSA) is 79.5 Å². The normalized spacial score (nSPS) is 10.2. The Hall–Kier alpha value is -2.27. The van der Waals surface area contributed by atoms with Crippen molar-refractivity contribution in [1.29, 1.82) is 0 Å². The number of amides is 1. The first-order valence-electron chi connectivity index (χ1n) is 5.36. The Kier molecular flexibility index (Phi) is 3.57. The third-order valence-corrected chi connectivity index (χ3v) is 2.75. The van der Waals surface area contributed by atoms with Crippen molar-refractivity contribution in [2.75, 3.05) is 5.32 Å². The van der Waals surface area contributed by atoms with Crippen molar-refractivity contribution in [3.05, 3.63) is 52.4 Å². The minimum Gasteiger partial charge on any atom is -0.478 e. The third kappa shape index (κ3) is 2.95. The summed E-state index contributed by atoms with van der Waals surface area (Å²) in [5.74, 6) is -1.75. The van der Waals surface area contributed by atoms with Crippen LogP contribution in [0.3, 0.4) is 0 Å². The summed E-state index contributed by atoms with van der Waals surface area (Å²) in [6.45, 7) is 1.82. The maximum Gasteiger partial charge on any atom is 0.338 e. The van der Waals surface area contributed by atoms with Crippen molar-refractivity contribution in [3.63, 3.8) is 0 Å². The van der Waals surface area contributed by atoms with Crippen LogP contribution in [0.25, 0.3) is 0 Å². The molecule has 2 aromatic rings. The summed E-state index contributed by atoms with van der Waals surface area (Å²) >= 11 is 5.84. The van der Waals surface area contributed by atoms with E-state index in [1.807, 2.05) is 6.92 Å². The summed E-state index contributed by atoms with van der Waals surface area (Å²) in [5, 5.41) is 11.8. The van der Waals surface area contributed by atoms with E-state index in [-0.39, 0.29) is 11.3 Å². The molecule has 1 aromatic heterocycles. The molecular formula is C13H10ClNO4. The van der Waals surface area contributed by atoms with Gasteiger partial charge in [-0.3, -0.25) is 4.79 Å². The van der Waals surface area contributed by atoms with Crippen LogP contribution in [0.1, 0.15) is 26.5 Å². The van der Waals surface area contributed by atoms with Gasteiger partial charge >= 0.3 is 5.97 Å². The number of nitrogens with one attached hydrogen (secondary N) is 1. The number of furan rings is 1. The van der Waals surface area contributed by atoms with Gasteiger partial charge in [0.05, 0.1) is 5.56 Å². The molecule has 0 saturated carbocycles. The molecule has 0 radical (unpaired) electrons. The molecule has 0 aliphatic heterocycles. The van der Waals surface area contributed by atoms with Crippen molar-refractivity contribution >= 4 is 29.2 Å². The quantitative estimate of drug-likeness (QED) is 0.904. The molecule has 98 valence electrons. The summed E-state index contributed by atoms with van der Waals surface area (Å²) < 4.78 is 4.90. The molecule has 1 aromatic carbocycles. The second-order valence-corrected chi connectivity index (χ2v) is 4.35.